The molecular weight excluding hydrogens is 412 g/mol. The van der Waals surface area contributed by atoms with Crippen molar-refractivity contribution in [3.63, 3.8) is 0 Å². The van der Waals surface area contributed by atoms with Crippen molar-refractivity contribution in [1.82, 2.24) is 10.7 Å². The predicted molar refractivity (Wildman–Crippen MR) is 122 cm³/mol. The molecule has 2 rings (SSSR count). The van der Waals surface area contributed by atoms with Gasteiger partial charge in [-0.15, -0.1) is 0 Å². The molecule has 0 heterocycles. The highest BCUT2D eigenvalue weighted by Crippen LogP contribution is 2.22. The predicted octanol–water partition coefficient (Wildman–Crippen LogP) is 1.84. The maximum absolute atomic E-state index is 12.3. The Labute approximate surface area is 187 Å². The molecule has 9 heteroatoms. The van der Waals surface area contributed by atoms with Gasteiger partial charge in [0.25, 0.3) is 5.91 Å². The lowest BCUT2D eigenvalue weighted by atomic mass is 10.1. The van der Waals surface area contributed by atoms with Crippen molar-refractivity contribution in [2.75, 3.05) is 32.2 Å². The van der Waals surface area contributed by atoms with Crippen molar-refractivity contribution in [2.45, 2.75) is 20.8 Å². The van der Waals surface area contributed by atoms with Crippen LogP contribution in [-0.2, 0) is 19.1 Å². The summed E-state index contributed by atoms with van der Waals surface area (Å²) in [5, 5.41) is 9.03. The first kappa shape index (κ1) is 24.5. The summed E-state index contributed by atoms with van der Waals surface area (Å²) < 4.78 is 10.4. The molecule has 2 aromatic carbocycles. The summed E-state index contributed by atoms with van der Waals surface area (Å²) >= 11 is 0. The summed E-state index contributed by atoms with van der Waals surface area (Å²) in [4.78, 5) is 35.5. The molecule has 0 bridgehead atoms. The van der Waals surface area contributed by atoms with Crippen LogP contribution in [0, 0.1) is 20.8 Å². The molecule has 170 valence electrons. The molecule has 9 nitrogen and oxygen atoms in total. The van der Waals surface area contributed by atoms with E-state index in [2.05, 4.69) is 21.2 Å². The molecule has 2 aromatic rings. The van der Waals surface area contributed by atoms with Crippen molar-refractivity contribution in [1.29, 1.82) is 0 Å². The molecule has 0 aliphatic carbocycles. The molecule has 0 aliphatic heterocycles. The number of rotatable bonds is 9. The second-order valence-corrected chi connectivity index (χ2v) is 7.13. The van der Waals surface area contributed by atoms with Crippen molar-refractivity contribution < 1.29 is 23.9 Å². The molecule has 3 N–H and O–H groups in total. The lowest BCUT2D eigenvalue weighted by molar-refractivity contribution is -0.139. The maximum Gasteiger partial charge on any atom is 0.329 e. The van der Waals surface area contributed by atoms with Crippen LogP contribution in [0.3, 0.4) is 0 Å². The number of benzene rings is 2. The lowest BCUT2D eigenvalue weighted by Gasteiger charge is -2.13. The van der Waals surface area contributed by atoms with Crippen molar-refractivity contribution >= 4 is 29.6 Å². The van der Waals surface area contributed by atoms with E-state index in [1.807, 2.05) is 32.9 Å². The Hall–Kier alpha value is -3.72. The van der Waals surface area contributed by atoms with E-state index in [1.54, 1.807) is 24.3 Å². The van der Waals surface area contributed by atoms with E-state index in [0.717, 1.165) is 22.4 Å². The van der Waals surface area contributed by atoms with Crippen molar-refractivity contribution in [3.05, 3.63) is 58.7 Å². The van der Waals surface area contributed by atoms with Gasteiger partial charge in [0.2, 0.25) is 0 Å². The molecule has 0 saturated heterocycles. The quantitative estimate of drug-likeness (QED) is 0.238. The Morgan fingerprint density at radius 1 is 1.03 bits per heavy atom. The normalized spacial score (nSPS) is 10.6. The number of ether oxygens (including phenoxy) is 2. The van der Waals surface area contributed by atoms with Crippen LogP contribution < -0.4 is 20.8 Å². The smallest absolute Gasteiger partial charge is 0.329 e. The number of carbonyl (C=O) groups excluding carboxylic acids is 3. The van der Waals surface area contributed by atoms with E-state index in [4.69, 9.17) is 9.47 Å². The summed E-state index contributed by atoms with van der Waals surface area (Å²) in [6.45, 7) is 6.27. The van der Waals surface area contributed by atoms with Crippen LogP contribution >= 0.6 is 0 Å². The number of amides is 3. The van der Waals surface area contributed by atoms with Crippen molar-refractivity contribution in [2.24, 2.45) is 5.10 Å². The number of anilines is 1. The zero-order valence-corrected chi connectivity index (χ0v) is 18.7. The first-order valence-corrected chi connectivity index (χ1v) is 10.0. The Morgan fingerprint density at radius 3 is 2.44 bits per heavy atom. The van der Waals surface area contributed by atoms with Crippen LogP contribution in [-0.4, -0.2) is 50.8 Å². The first-order chi connectivity index (χ1) is 15.3. The topological polar surface area (TPSA) is 118 Å². The Bertz CT molecular complexity index is 981. The fourth-order valence-electron chi connectivity index (χ4n) is 2.95. The highest BCUT2D eigenvalue weighted by Gasteiger charge is 2.11. The van der Waals surface area contributed by atoms with E-state index in [1.165, 1.54) is 13.3 Å². The zero-order valence-electron chi connectivity index (χ0n) is 18.7. The van der Waals surface area contributed by atoms with E-state index in [9.17, 15) is 14.4 Å². The largest absolute Gasteiger partial charge is 0.484 e. The van der Waals surface area contributed by atoms with Gasteiger partial charge < -0.3 is 20.1 Å². The third-order valence-electron chi connectivity index (χ3n) is 4.35. The van der Waals surface area contributed by atoms with Gasteiger partial charge in [-0.05, 0) is 49.6 Å². The van der Waals surface area contributed by atoms with E-state index in [0.29, 0.717) is 17.9 Å². The SMILES string of the molecule is COCCNC(=O)C(=O)N/N=C\c1cccc(OCC(=O)Nc2c(C)cc(C)cc2C)c1. The standard InChI is InChI=1S/C23H28N4O5/c1-15-10-16(2)21(17(3)11-15)26-20(28)14-32-19-7-5-6-18(12-19)13-25-27-23(30)22(29)24-8-9-31-4/h5-7,10-13H,8-9,14H2,1-4H3,(H,24,29)(H,26,28)(H,27,30)/b25-13-. The van der Waals surface area contributed by atoms with Gasteiger partial charge >= 0.3 is 11.8 Å². The van der Waals surface area contributed by atoms with Gasteiger partial charge in [0.05, 0.1) is 12.8 Å². The summed E-state index contributed by atoms with van der Waals surface area (Å²) in [7, 11) is 1.49. The zero-order chi connectivity index (χ0) is 23.5. The molecule has 0 fully saturated rings. The van der Waals surface area contributed by atoms with Crippen LogP contribution in [0.5, 0.6) is 5.75 Å². The molecular formula is C23H28N4O5. The molecule has 0 saturated carbocycles. The minimum absolute atomic E-state index is 0.161. The average Bonchev–Trinajstić information content (AvgIpc) is 2.75. The summed E-state index contributed by atoms with van der Waals surface area (Å²) in [6.07, 6.45) is 1.37. The van der Waals surface area contributed by atoms with E-state index >= 15 is 0 Å². The number of hydrogen-bond acceptors (Lipinski definition) is 6. The summed E-state index contributed by atoms with van der Waals surface area (Å²) in [5.74, 6) is -1.50. The second-order valence-electron chi connectivity index (χ2n) is 7.13. The number of nitrogens with zero attached hydrogens (tertiary/aromatic N) is 1. The highest BCUT2D eigenvalue weighted by atomic mass is 16.5. The van der Waals surface area contributed by atoms with E-state index in [-0.39, 0.29) is 19.1 Å². The molecule has 0 unspecified atom stereocenters. The van der Waals surface area contributed by atoms with Crippen LogP contribution in [0.4, 0.5) is 5.69 Å². The minimum atomic E-state index is -0.886. The number of carbonyl (C=O) groups is 3. The molecule has 0 aliphatic rings. The van der Waals surface area contributed by atoms with Gasteiger partial charge in [-0.25, -0.2) is 5.43 Å². The third kappa shape index (κ3) is 7.84. The number of aryl methyl sites for hydroxylation is 3. The van der Waals surface area contributed by atoms with Gasteiger partial charge in [0, 0.05) is 19.3 Å². The number of hydrazone groups is 1. The highest BCUT2D eigenvalue weighted by molar-refractivity contribution is 6.35. The fraction of sp³-hybridized carbons (Fsp3) is 0.304. The second kappa shape index (κ2) is 12.2. The van der Waals surface area contributed by atoms with Crippen LogP contribution in [0.15, 0.2) is 41.5 Å². The third-order valence-corrected chi connectivity index (χ3v) is 4.35. The maximum atomic E-state index is 12.3. The van der Waals surface area contributed by atoms with Crippen LogP contribution in [0.25, 0.3) is 0 Å². The fourth-order valence-corrected chi connectivity index (χ4v) is 2.95. The average molecular weight is 441 g/mol. The Balaban J connectivity index is 1.86. The summed E-state index contributed by atoms with van der Waals surface area (Å²) in [5.41, 5.74) is 6.66. The van der Waals surface area contributed by atoms with E-state index < -0.39 is 11.8 Å². The van der Waals surface area contributed by atoms with Gasteiger partial charge in [-0.3, -0.25) is 14.4 Å². The van der Waals surface area contributed by atoms with Gasteiger partial charge in [0.1, 0.15) is 5.75 Å². The lowest BCUT2D eigenvalue weighted by Crippen LogP contribution is -2.39. The molecule has 3 amide bonds. The molecule has 32 heavy (non-hydrogen) atoms. The molecule has 0 aromatic heterocycles. The minimum Gasteiger partial charge on any atom is -0.484 e. The molecule has 0 atom stereocenters. The number of hydrogen-bond donors (Lipinski definition) is 3. The van der Waals surface area contributed by atoms with Crippen LogP contribution in [0.2, 0.25) is 0 Å². The number of nitrogens with one attached hydrogen (secondary N) is 3. The van der Waals surface area contributed by atoms with Gasteiger partial charge in [-0.2, -0.15) is 5.10 Å². The monoisotopic (exact) mass is 440 g/mol. The Kier molecular flexibility index (Phi) is 9.37. The first-order valence-electron chi connectivity index (χ1n) is 10.0. The Morgan fingerprint density at radius 2 is 1.75 bits per heavy atom. The number of methoxy groups -OCH3 is 1. The molecule has 0 radical (unpaired) electrons. The van der Waals surface area contributed by atoms with Gasteiger partial charge in [0.15, 0.2) is 6.61 Å². The van der Waals surface area contributed by atoms with Crippen molar-refractivity contribution in [3.8, 4) is 5.75 Å². The summed E-state index contributed by atoms with van der Waals surface area (Å²) in [6, 6.07) is 10.8. The van der Waals surface area contributed by atoms with Gasteiger partial charge in [-0.1, -0.05) is 29.8 Å². The van der Waals surface area contributed by atoms with Crippen LogP contribution in [0.1, 0.15) is 22.3 Å². The molecule has 0 spiro atoms.